The molecule has 22 heavy (non-hydrogen) atoms. The summed E-state index contributed by atoms with van der Waals surface area (Å²) >= 11 is 0. The van der Waals surface area contributed by atoms with Crippen LogP contribution in [-0.4, -0.2) is 34.0 Å². The van der Waals surface area contributed by atoms with E-state index in [-0.39, 0.29) is 22.8 Å². The van der Waals surface area contributed by atoms with Crippen LogP contribution in [0.3, 0.4) is 0 Å². The fourth-order valence-electron chi connectivity index (χ4n) is 2.12. The van der Waals surface area contributed by atoms with Gasteiger partial charge in [-0.05, 0) is 44.5 Å². The van der Waals surface area contributed by atoms with E-state index in [1.54, 1.807) is 26.1 Å². The van der Waals surface area contributed by atoms with Gasteiger partial charge in [0.05, 0.1) is 4.90 Å². The van der Waals surface area contributed by atoms with Gasteiger partial charge in [0.2, 0.25) is 15.9 Å². The molecule has 6 nitrogen and oxygen atoms in total. The molecule has 1 amide bonds. The fraction of sp³-hybridized carbons (Fsp3) is 0.533. The number of amides is 1. The number of sulfonamides is 1. The van der Waals surface area contributed by atoms with Crippen LogP contribution in [-0.2, 0) is 14.8 Å². The largest absolute Gasteiger partial charge is 0.326 e. The lowest BCUT2D eigenvalue weighted by Crippen LogP contribution is -2.29. The molecule has 0 heterocycles. The monoisotopic (exact) mass is 325 g/mol. The summed E-state index contributed by atoms with van der Waals surface area (Å²) in [4.78, 5) is 12.2. The lowest BCUT2D eigenvalue weighted by molar-refractivity contribution is -0.119. The van der Waals surface area contributed by atoms with E-state index in [1.165, 1.54) is 6.07 Å². The maximum atomic E-state index is 12.3. The highest BCUT2D eigenvalue weighted by atomic mass is 32.2. The summed E-state index contributed by atoms with van der Waals surface area (Å²) < 4.78 is 27.3. The van der Waals surface area contributed by atoms with Gasteiger partial charge in [-0.3, -0.25) is 4.79 Å². The molecule has 0 radical (unpaired) electrons. The molecule has 1 aliphatic carbocycles. The van der Waals surface area contributed by atoms with E-state index < -0.39 is 10.0 Å². The molecule has 1 atom stereocenters. The van der Waals surface area contributed by atoms with Crippen molar-refractivity contribution < 1.29 is 13.2 Å². The fourth-order valence-corrected chi connectivity index (χ4v) is 3.69. The third-order valence-electron chi connectivity index (χ3n) is 3.60. The third kappa shape index (κ3) is 4.28. The molecular weight excluding hydrogens is 302 g/mol. The second kappa shape index (κ2) is 6.76. The predicted molar refractivity (Wildman–Crippen MR) is 86.2 cm³/mol. The van der Waals surface area contributed by atoms with Crippen molar-refractivity contribution in [3.63, 3.8) is 0 Å². The molecule has 0 bridgehead atoms. The van der Waals surface area contributed by atoms with E-state index in [1.807, 2.05) is 6.92 Å². The Hall–Kier alpha value is -1.44. The Balaban J connectivity index is 2.17. The second-order valence-electron chi connectivity index (χ2n) is 5.82. The standard InChI is InChI=1S/C15H23N3O3S/c1-10-4-5-13(17-15(19)11(2)9-16-3)8-14(10)22(20,21)18-12-6-7-12/h4-5,8,11-12,16,18H,6-7,9H2,1-3H3,(H,17,19). The van der Waals surface area contributed by atoms with Crippen LogP contribution in [0.2, 0.25) is 0 Å². The SMILES string of the molecule is CNCC(C)C(=O)Nc1ccc(C)c(S(=O)(=O)NC2CC2)c1. The number of carbonyl (C=O) groups is 1. The Morgan fingerprint density at radius 1 is 1.36 bits per heavy atom. The molecule has 3 N–H and O–H groups in total. The molecule has 1 aromatic rings. The lowest BCUT2D eigenvalue weighted by Gasteiger charge is -2.14. The van der Waals surface area contributed by atoms with Gasteiger partial charge in [0.15, 0.2) is 0 Å². The first-order chi connectivity index (χ1) is 10.3. The molecular formula is C15H23N3O3S. The van der Waals surface area contributed by atoms with Gasteiger partial charge >= 0.3 is 0 Å². The zero-order chi connectivity index (χ0) is 16.3. The van der Waals surface area contributed by atoms with Crippen molar-refractivity contribution >= 4 is 21.6 Å². The smallest absolute Gasteiger partial charge is 0.241 e. The molecule has 122 valence electrons. The van der Waals surface area contributed by atoms with Gasteiger partial charge < -0.3 is 10.6 Å². The number of hydrogen-bond acceptors (Lipinski definition) is 4. The highest BCUT2D eigenvalue weighted by Crippen LogP contribution is 2.25. The van der Waals surface area contributed by atoms with Crippen LogP contribution in [0.25, 0.3) is 0 Å². The number of anilines is 1. The van der Waals surface area contributed by atoms with Crippen molar-refractivity contribution in [1.29, 1.82) is 0 Å². The van der Waals surface area contributed by atoms with Crippen molar-refractivity contribution in [3.05, 3.63) is 23.8 Å². The maximum absolute atomic E-state index is 12.3. The zero-order valence-corrected chi connectivity index (χ0v) is 14.0. The summed E-state index contributed by atoms with van der Waals surface area (Å²) in [5, 5.41) is 5.70. The topological polar surface area (TPSA) is 87.3 Å². The van der Waals surface area contributed by atoms with Gasteiger partial charge in [-0.1, -0.05) is 13.0 Å². The van der Waals surface area contributed by atoms with Crippen LogP contribution in [0, 0.1) is 12.8 Å². The van der Waals surface area contributed by atoms with Crippen molar-refractivity contribution in [2.75, 3.05) is 18.9 Å². The normalized spacial score (nSPS) is 16.3. The van der Waals surface area contributed by atoms with E-state index in [2.05, 4.69) is 15.4 Å². The lowest BCUT2D eigenvalue weighted by atomic mass is 10.1. The van der Waals surface area contributed by atoms with Crippen LogP contribution >= 0.6 is 0 Å². The van der Waals surface area contributed by atoms with Crippen molar-refractivity contribution in [1.82, 2.24) is 10.0 Å². The number of benzene rings is 1. The number of nitrogens with one attached hydrogen (secondary N) is 3. The second-order valence-corrected chi connectivity index (χ2v) is 7.51. The molecule has 2 rings (SSSR count). The molecule has 1 unspecified atom stereocenters. The van der Waals surface area contributed by atoms with Crippen LogP contribution in [0.5, 0.6) is 0 Å². The quantitative estimate of drug-likeness (QED) is 0.704. The summed E-state index contributed by atoms with van der Waals surface area (Å²) in [7, 11) is -1.75. The van der Waals surface area contributed by atoms with E-state index in [0.717, 1.165) is 12.8 Å². The Kier molecular flexibility index (Phi) is 5.20. The van der Waals surface area contributed by atoms with Crippen LogP contribution < -0.4 is 15.4 Å². The van der Waals surface area contributed by atoms with Crippen LogP contribution in [0.15, 0.2) is 23.1 Å². The first-order valence-electron chi connectivity index (χ1n) is 7.42. The molecule has 0 spiro atoms. The van der Waals surface area contributed by atoms with Crippen molar-refractivity contribution in [2.45, 2.75) is 37.6 Å². The highest BCUT2D eigenvalue weighted by Gasteiger charge is 2.29. The van der Waals surface area contributed by atoms with Crippen LogP contribution in [0.4, 0.5) is 5.69 Å². The minimum atomic E-state index is -3.53. The molecule has 0 aromatic heterocycles. The Morgan fingerprint density at radius 3 is 2.64 bits per heavy atom. The Labute approximate surface area is 131 Å². The van der Waals surface area contributed by atoms with E-state index in [9.17, 15) is 13.2 Å². The summed E-state index contributed by atoms with van der Waals surface area (Å²) in [6.07, 6.45) is 1.77. The minimum Gasteiger partial charge on any atom is -0.326 e. The molecule has 1 aromatic carbocycles. The van der Waals surface area contributed by atoms with Gasteiger partial charge in [0.1, 0.15) is 0 Å². The average molecular weight is 325 g/mol. The number of rotatable bonds is 7. The summed E-state index contributed by atoms with van der Waals surface area (Å²) in [6, 6.07) is 5.00. The molecule has 0 saturated heterocycles. The maximum Gasteiger partial charge on any atom is 0.241 e. The van der Waals surface area contributed by atoms with Gasteiger partial charge in [-0.2, -0.15) is 0 Å². The molecule has 1 saturated carbocycles. The number of aryl methyl sites for hydroxylation is 1. The van der Waals surface area contributed by atoms with Gasteiger partial charge in [0.25, 0.3) is 0 Å². The minimum absolute atomic E-state index is 0.0540. The molecule has 0 aliphatic heterocycles. The summed E-state index contributed by atoms with van der Waals surface area (Å²) in [5.41, 5.74) is 1.16. The summed E-state index contributed by atoms with van der Waals surface area (Å²) in [5.74, 6) is -0.340. The van der Waals surface area contributed by atoms with E-state index in [0.29, 0.717) is 17.8 Å². The van der Waals surface area contributed by atoms with Crippen molar-refractivity contribution in [2.24, 2.45) is 5.92 Å². The number of hydrogen-bond donors (Lipinski definition) is 3. The Bertz CT molecular complexity index is 654. The first-order valence-corrected chi connectivity index (χ1v) is 8.90. The Morgan fingerprint density at radius 2 is 2.05 bits per heavy atom. The third-order valence-corrected chi connectivity index (χ3v) is 5.26. The molecule has 1 aliphatic rings. The summed E-state index contributed by atoms with van der Waals surface area (Å²) in [6.45, 7) is 4.12. The highest BCUT2D eigenvalue weighted by molar-refractivity contribution is 7.89. The number of carbonyl (C=O) groups excluding carboxylic acids is 1. The van der Waals surface area contributed by atoms with Crippen LogP contribution in [0.1, 0.15) is 25.3 Å². The van der Waals surface area contributed by atoms with Gasteiger partial charge in [-0.15, -0.1) is 0 Å². The van der Waals surface area contributed by atoms with Gasteiger partial charge in [-0.25, -0.2) is 13.1 Å². The van der Waals surface area contributed by atoms with E-state index >= 15 is 0 Å². The zero-order valence-electron chi connectivity index (χ0n) is 13.1. The molecule has 1 fully saturated rings. The predicted octanol–water partition coefficient (Wildman–Crippen LogP) is 1.23. The first kappa shape index (κ1) is 16.9. The average Bonchev–Trinajstić information content (AvgIpc) is 3.24. The molecule has 7 heteroatoms. The van der Waals surface area contributed by atoms with E-state index in [4.69, 9.17) is 0 Å². The van der Waals surface area contributed by atoms with Crippen molar-refractivity contribution in [3.8, 4) is 0 Å². The van der Waals surface area contributed by atoms with Gasteiger partial charge in [0, 0.05) is 24.2 Å².